The summed E-state index contributed by atoms with van der Waals surface area (Å²) in [6, 6.07) is 28.8. The van der Waals surface area contributed by atoms with E-state index < -0.39 is 0 Å². The summed E-state index contributed by atoms with van der Waals surface area (Å²) in [4.78, 5) is 0. The molecule has 0 unspecified atom stereocenters. The first kappa shape index (κ1) is 12.0. The largest absolute Gasteiger partial charge is 0.456 e. The van der Waals surface area contributed by atoms with Crippen LogP contribution in [0.4, 0.5) is 0 Å². The molecular weight excluding hydrogens is 256 g/mol. The number of fused-ring (bicyclic) bond motifs is 2. The van der Waals surface area contributed by atoms with Crippen LogP contribution in [0.15, 0.2) is 84.9 Å². The maximum atomic E-state index is 6.20. The Balaban J connectivity index is 2.02. The highest BCUT2D eigenvalue weighted by Gasteiger charge is 2.09. The van der Waals surface area contributed by atoms with E-state index in [1.807, 2.05) is 30.3 Å². The molecule has 0 aliphatic carbocycles. The molecule has 0 aliphatic heterocycles. The van der Waals surface area contributed by atoms with Gasteiger partial charge in [-0.2, -0.15) is 0 Å². The summed E-state index contributed by atoms with van der Waals surface area (Å²) < 4.78 is 6.20. The van der Waals surface area contributed by atoms with Crippen molar-refractivity contribution in [3.8, 4) is 11.5 Å². The van der Waals surface area contributed by atoms with Crippen molar-refractivity contribution in [2.24, 2.45) is 0 Å². The predicted octanol–water partition coefficient (Wildman–Crippen LogP) is 5.79. The van der Waals surface area contributed by atoms with Crippen LogP contribution < -0.4 is 4.74 Å². The third-order valence-corrected chi connectivity index (χ3v) is 3.68. The van der Waals surface area contributed by atoms with Crippen LogP contribution in [0.3, 0.4) is 0 Å². The maximum absolute atomic E-state index is 6.20. The molecule has 100 valence electrons. The first-order valence-corrected chi connectivity index (χ1v) is 7.05. The second kappa shape index (κ2) is 4.95. The topological polar surface area (TPSA) is 9.23 Å². The second-order valence-electron chi connectivity index (χ2n) is 5.06. The minimum Gasteiger partial charge on any atom is -0.456 e. The van der Waals surface area contributed by atoms with E-state index in [0.29, 0.717) is 0 Å². The molecule has 0 heterocycles. The van der Waals surface area contributed by atoms with E-state index in [2.05, 4.69) is 54.6 Å². The molecule has 0 radical (unpaired) electrons. The van der Waals surface area contributed by atoms with Gasteiger partial charge in [-0.3, -0.25) is 0 Å². The summed E-state index contributed by atoms with van der Waals surface area (Å²) in [7, 11) is 0. The van der Waals surface area contributed by atoms with Gasteiger partial charge in [0.25, 0.3) is 0 Å². The molecular formula is C20H14O. The molecule has 1 nitrogen and oxygen atoms in total. The summed E-state index contributed by atoms with van der Waals surface area (Å²) >= 11 is 0. The fourth-order valence-corrected chi connectivity index (χ4v) is 2.69. The van der Waals surface area contributed by atoms with E-state index in [-0.39, 0.29) is 0 Å². The molecule has 21 heavy (non-hydrogen) atoms. The maximum Gasteiger partial charge on any atom is 0.143 e. The van der Waals surface area contributed by atoms with Crippen molar-refractivity contribution in [1.29, 1.82) is 0 Å². The summed E-state index contributed by atoms with van der Waals surface area (Å²) in [5.74, 6) is 1.79. The fourth-order valence-electron chi connectivity index (χ4n) is 2.69. The lowest BCUT2D eigenvalue weighted by atomic mass is 10.0. The Kier molecular flexibility index (Phi) is 2.82. The molecule has 0 aliphatic rings. The summed E-state index contributed by atoms with van der Waals surface area (Å²) in [6.07, 6.45) is 0. The third kappa shape index (κ3) is 2.13. The van der Waals surface area contributed by atoms with Gasteiger partial charge in [0.2, 0.25) is 0 Å². The van der Waals surface area contributed by atoms with Crippen molar-refractivity contribution >= 4 is 21.5 Å². The van der Waals surface area contributed by atoms with E-state index in [1.165, 1.54) is 10.8 Å². The minimum absolute atomic E-state index is 0.860. The second-order valence-corrected chi connectivity index (χ2v) is 5.06. The molecule has 0 amide bonds. The Labute approximate surface area is 123 Å². The van der Waals surface area contributed by atoms with Gasteiger partial charge < -0.3 is 4.74 Å². The summed E-state index contributed by atoms with van der Waals surface area (Å²) in [5, 5.41) is 4.67. The fraction of sp³-hybridized carbons (Fsp3) is 0. The predicted molar refractivity (Wildman–Crippen MR) is 88.0 cm³/mol. The molecule has 0 N–H and O–H groups in total. The normalized spacial score (nSPS) is 10.9. The van der Waals surface area contributed by atoms with Crippen LogP contribution in [0.5, 0.6) is 11.5 Å². The monoisotopic (exact) mass is 270 g/mol. The highest BCUT2D eigenvalue weighted by Crippen LogP contribution is 2.37. The highest BCUT2D eigenvalue weighted by molar-refractivity contribution is 6.05. The number of para-hydroxylation sites is 1. The Morgan fingerprint density at radius 1 is 0.524 bits per heavy atom. The molecule has 0 saturated carbocycles. The zero-order valence-corrected chi connectivity index (χ0v) is 11.5. The van der Waals surface area contributed by atoms with Gasteiger partial charge in [-0.1, -0.05) is 66.7 Å². The van der Waals surface area contributed by atoms with Crippen molar-refractivity contribution in [2.45, 2.75) is 0 Å². The van der Waals surface area contributed by atoms with Crippen LogP contribution in [0.2, 0.25) is 0 Å². The van der Waals surface area contributed by atoms with Crippen molar-refractivity contribution < 1.29 is 4.74 Å². The van der Waals surface area contributed by atoms with Crippen LogP contribution in [-0.4, -0.2) is 0 Å². The van der Waals surface area contributed by atoms with Crippen LogP contribution in [0.25, 0.3) is 21.5 Å². The van der Waals surface area contributed by atoms with Crippen molar-refractivity contribution in [1.82, 2.24) is 0 Å². The van der Waals surface area contributed by atoms with Gasteiger partial charge in [0.1, 0.15) is 11.5 Å². The zero-order valence-electron chi connectivity index (χ0n) is 11.5. The molecule has 0 aromatic heterocycles. The standard InChI is InChI=1S/C20H14O/c1-2-10-17(11-3-1)21-20-18-12-6-4-8-15(18)14-16-9-5-7-13-19(16)20/h1-14H. The van der Waals surface area contributed by atoms with E-state index >= 15 is 0 Å². The van der Waals surface area contributed by atoms with Gasteiger partial charge in [-0.15, -0.1) is 0 Å². The molecule has 0 bridgehead atoms. The van der Waals surface area contributed by atoms with Crippen molar-refractivity contribution in [3.63, 3.8) is 0 Å². The number of ether oxygens (including phenoxy) is 1. The van der Waals surface area contributed by atoms with E-state index in [9.17, 15) is 0 Å². The average Bonchev–Trinajstić information content (AvgIpc) is 2.55. The molecule has 0 spiro atoms. The summed E-state index contributed by atoms with van der Waals surface area (Å²) in [6.45, 7) is 0. The zero-order chi connectivity index (χ0) is 14.1. The summed E-state index contributed by atoms with van der Waals surface area (Å²) in [5.41, 5.74) is 0. The van der Waals surface area contributed by atoms with E-state index in [4.69, 9.17) is 4.74 Å². The number of benzene rings is 4. The van der Waals surface area contributed by atoms with Gasteiger partial charge in [0, 0.05) is 10.8 Å². The average molecular weight is 270 g/mol. The Morgan fingerprint density at radius 2 is 1.05 bits per heavy atom. The molecule has 4 rings (SSSR count). The Hall–Kier alpha value is -2.80. The molecule has 0 atom stereocenters. The first-order chi connectivity index (χ1) is 10.4. The number of hydrogen-bond donors (Lipinski definition) is 0. The first-order valence-electron chi connectivity index (χ1n) is 7.05. The van der Waals surface area contributed by atoms with E-state index in [1.54, 1.807) is 0 Å². The SMILES string of the molecule is c1ccc(Oc2c3ccccc3cc3ccccc23)cc1. The molecule has 0 fully saturated rings. The van der Waals surface area contributed by atoms with Crippen LogP contribution >= 0.6 is 0 Å². The van der Waals surface area contributed by atoms with Crippen LogP contribution in [0.1, 0.15) is 0 Å². The van der Waals surface area contributed by atoms with Gasteiger partial charge in [-0.25, -0.2) is 0 Å². The molecule has 4 aromatic rings. The van der Waals surface area contributed by atoms with Crippen LogP contribution in [-0.2, 0) is 0 Å². The number of hydrogen-bond acceptors (Lipinski definition) is 1. The van der Waals surface area contributed by atoms with Gasteiger partial charge in [-0.05, 0) is 29.0 Å². The number of rotatable bonds is 2. The molecule has 0 saturated heterocycles. The van der Waals surface area contributed by atoms with Crippen molar-refractivity contribution in [3.05, 3.63) is 84.9 Å². The minimum atomic E-state index is 0.860. The Bertz CT molecular complexity index is 856. The van der Waals surface area contributed by atoms with Gasteiger partial charge in [0.15, 0.2) is 0 Å². The van der Waals surface area contributed by atoms with Gasteiger partial charge >= 0.3 is 0 Å². The molecule has 1 heteroatoms. The lowest BCUT2D eigenvalue weighted by Gasteiger charge is -2.12. The lowest BCUT2D eigenvalue weighted by molar-refractivity contribution is 0.494. The van der Waals surface area contributed by atoms with Crippen LogP contribution in [0, 0.1) is 0 Å². The Morgan fingerprint density at radius 3 is 1.67 bits per heavy atom. The quantitative estimate of drug-likeness (QED) is 0.419. The van der Waals surface area contributed by atoms with E-state index in [0.717, 1.165) is 22.3 Å². The highest BCUT2D eigenvalue weighted by atomic mass is 16.5. The third-order valence-electron chi connectivity index (χ3n) is 3.68. The lowest BCUT2D eigenvalue weighted by Crippen LogP contribution is -1.88. The smallest absolute Gasteiger partial charge is 0.143 e. The van der Waals surface area contributed by atoms with Gasteiger partial charge in [0.05, 0.1) is 0 Å². The molecule has 4 aromatic carbocycles. The van der Waals surface area contributed by atoms with Crippen molar-refractivity contribution in [2.75, 3.05) is 0 Å².